The minimum absolute atomic E-state index is 0.125. The lowest BCUT2D eigenvalue weighted by molar-refractivity contribution is -0.155. The largest absolute Gasteiger partial charge is 0.480 e. The Hall–Kier alpha value is -6.65. The number of nitrogens with zero attached hydrogens (tertiary/aromatic N) is 9. The van der Waals surface area contributed by atoms with Gasteiger partial charge in [-0.3, -0.25) is 48.1 Å². The second-order valence-corrected chi connectivity index (χ2v) is 22.5. The molecule has 398 valence electrons. The van der Waals surface area contributed by atoms with Crippen molar-refractivity contribution in [2.45, 2.75) is 95.9 Å². The topological polar surface area (TPSA) is 252 Å². The number of methoxy groups -OCH3 is 1. The van der Waals surface area contributed by atoms with E-state index in [1.807, 2.05) is 6.07 Å². The van der Waals surface area contributed by atoms with Crippen LogP contribution in [0, 0.1) is 0 Å². The normalized spacial score (nSPS) is 21.8. The fourth-order valence-electron chi connectivity index (χ4n) is 11.8. The number of thiophene rings is 1. The zero-order valence-corrected chi connectivity index (χ0v) is 43.6. The lowest BCUT2D eigenvalue weighted by Gasteiger charge is -2.46. The number of fused-ring (bicyclic) bond motifs is 4. The van der Waals surface area contributed by atoms with Crippen LogP contribution in [0.5, 0.6) is 5.88 Å². The molecule has 21 nitrogen and oxygen atoms in total. The molecule has 1 aliphatic carbocycles. The van der Waals surface area contributed by atoms with Crippen molar-refractivity contribution in [3.8, 4) is 17.0 Å². The minimum atomic E-state index is -5.02. The summed E-state index contributed by atoms with van der Waals surface area (Å²) in [7, 11) is -7.83. The number of carbonyl (C=O) groups excluding carboxylic acids is 5. The highest BCUT2D eigenvalue weighted by Gasteiger charge is 2.48. The van der Waals surface area contributed by atoms with E-state index in [-0.39, 0.29) is 47.5 Å². The third kappa shape index (κ3) is 9.64. The van der Waals surface area contributed by atoms with Crippen molar-refractivity contribution in [2.75, 3.05) is 73.1 Å². The average molecular weight is 1080 g/mol. The number of amides is 5. The molecule has 9 heterocycles. The summed E-state index contributed by atoms with van der Waals surface area (Å²) in [4.78, 5) is 111. The number of benzene rings is 1. The predicted octanol–water partition coefficient (Wildman–Crippen LogP) is 5.85. The Labute approximate surface area is 446 Å². The molecule has 3 atom stereocenters. The molecule has 0 bridgehead atoms. The van der Waals surface area contributed by atoms with Crippen molar-refractivity contribution in [2.24, 2.45) is 0 Å². The van der Waals surface area contributed by atoms with Crippen molar-refractivity contribution in [3.63, 3.8) is 0 Å². The zero-order valence-electron chi connectivity index (χ0n) is 44.9. The number of aliphatic hydroxyl groups is 1. The maximum absolute atomic E-state index is 14.2. The summed E-state index contributed by atoms with van der Waals surface area (Å²) in [5, 5.41) is 14.5. The molecule has 23 heteroatoms. The molecule has 76 heavy (non-hydrogen) atoms. The number of hydrogen-bond acceptors (Lipinski definition) is 17. The Kier molecular flexibility index (Phi) is 13.0. The van der Waals surface area contributed by atoms with E-state index < -0.39 is 57.4 Å². The van der Waals surface area contributed by atoms with Crippen molar-refractivity contribution in [1.29, 1.82) is 0 Å². The lowest BCUT2D eigenvalue weighted by Crippen LogP contribution is -2.57. The maximum Gasteiger partial charge on any atom is 0.471 e. The third-order valence-corrected chi connectivity index (χ3v) is 17.4. The first kappa shape index (κ1) is 47.8. The van der Waals surface area contributed by atoms with Crippen molar-refractivity contribution < 1.29 is 56.8 Å². The summed E-state index contributed by atoms with van der Waals surface area (Å²) in [5.74, 6) is -2.59. The number of aromatic nitrogens is 3. The Morgan fingerprint density at radius 1 is 0.842 bits per heavy atom. The predicted molar refractivity (Wildman–Crippen MR) is 282 cm³/mol. The Balaban J connectivity index is 0.728. The summed E-state index contributed by atoms with van der Waals surface area (Å²) in [6, 6.07) is 11.3. The van der Waals surface area contributed by atoms with Gasteiger partial charge in [0.05, 0.1) is 45.1 Å². The van der Waals surface area contributed by atoms with Crippen LogP contribution < -0.4 is 24.8 Å². The average Bonchev–Trinajstić information content (AvgIpc) is 4.20. The lowest BCUT2D eigenvalue weighted by atomic mass is 9.91. The SMILES string of the molecule is [2H]C([2H])([2H])Oc1ncc(-c2ccnc(N3CCc4c(sc5c4CCCC5)C3=O)c2[C@H](C)O)cc1Nc1ccc(N2CCN(C3CCN(c4ccc5c(c4)C(=O)N([C@H]4CCC(=O)N(COP(=O)(O)O)C4=O)C5=O)CC3)C[C@@H]2C)cn1. The summed E-state index contributed by atoms with van der Waals surface area (Å²) in [6.45, 7) is 6.93. The number of phosphoric acid groups is 1. The maximum atomic E-state index is 14.2. The quantitative estimate of drug-likeness (QED) is 0.0797. The molecule has 4 aromatic heterocycles. The van der Waals surface area contributed by atoms with Gasteiger partial charge in [0, 0.05) is 91.9 Å². The molecule has 5 aliphatic heterocycles. The molecule has 0 saturated carbocycles. The Bertz CT molecular complexity index is 3310. The van der Waals surface area contributed by atoms with Gasteiger partial charge >= 0.3 is 7.82 Å². The van der Waals surface area contributed by atoms with Crippen LogP contribution >= 0.6 is 19.2 Å². The van der Waals surface area contributed by atoms with Gasteiger partial charge in [-0.15, -0.1) is 11.3 Å². The molecular formula is C53H59N10O11PS. The van der Waals surface area contributed by atoms with E-state index in [1.165, 1.54) is 16.6 Å². The highest BCUT2D eigenvalue weighted by molar-refractivity contribution is 7.46. The number of hydrogen-bond donors (Lipinski definition) is 4. The Morgan fingerprint density at radius 2 is 1.63 bits per heavy atom. The first-order chi connectivity index (χ1) is 37.7. The second-order valence-electron chi connectivity index (χ2n) is 20.1. The molecule has 3 saturated heterocycles. The number of likely N-dealkylation sites (tertiary alicyclic amines) is 1. The standard InChI is InChI=1S/C53H59N10O11PS/c1-30-28-59(33-15-19-58(20-16-33)34-8-10-39-40(25-34)51(67)63(50(39)66)42-11-13-45(65)62(52(42)68)29-74-75(70,71)72)22-23-60(30)35-9-12-44(55-27-35)57-41-24-32(26-56-49(41)73-3)36-14-18-54-48(46(36)31(2)64)61-21-17-38-37-6-4-5-7-43(37)76-47(38)53(61)69/h8-10,12,14,18,24-27,30-31,33,42,64H,4-7,11,13,15-17,19-23,28-29H2,1-3H3,(H,55,57)(H2,70,71,72)/t30-,31-,42-/m0/s1/i3D3. The number of aryl methyl sites for hydroxylation is 1. The van der Waals surface area contributed by atoms with Crippen LogP contribution in [-0.4, -0.2) is 145 Å². The summed E-state index contributed by atoms with van der Waals surface area (Å²) < 4.78 is 44.7. The van der Waals surface area contributed by atoms with Crippen LogP contribution in [-0.2, 0) is 37.9 Å². The highest BCUT2D eigenvalue weighted by atomic mass is 32.1. The summed E-state index contributed by atoms with van der Waals surface area (Å²) >= 11 is 1.58. The first-order valence-electron chi connectivity index (χ1n) is 27.1. The van der Waals surface area contributed by atoms with Gasteiger partial charge in [0.1, 0.15) is 30.1 Å². The van der Waals surface area contributed by atoms with Crippen LogP contribution in [0.15, 0.2) is 61.1 Å². The van der Waals surface area contributed by atoms with E-state index >= 15 is 0 Å². The molecule has 4 N–H and O–H groups in total. The minimum Gasteiger partial charge on any atom is -0.480 e. The van der Waals surface area contributed by atoms with Gasteiger partial charge in [-0.25, -0.2) is 19.5 Å². The number of pyridine rings is 3. The zero-order chi connectivity index (χ0) is 55.7. The third-order valence-electron chi connectivity index (χ3n) is 15.6. The van der Waals surface area contributed by atoms with Crippen molar-refractivity contribution in [1.82, 2.24) is 29.7 Å². The van der Waals surface area contributed by atoms with Crippen LogP contribution in [0.4, 0.5) is 28.7 Å². The first-order valence-corrected chi connectivity index (χ1v) is 27.9. The molecule has 0 spiro atoms. The molecular weight excluding hydrogens is 1020 g/mol. The van der Waals surface area contributed by atoms with Gasteiger partial charge in [-0.2, -0.15) is 0 Å². The van der Waals surface area contributed by atoms with Gasteiger partial charge < -0.3 is 34.7 Å². The van der Waals surface area contributed by atoms with E-state index in [4.69, 9.17) is 23.6 Å². The molecule has 5 aromatic rings. The van der Waals surface area contributed by atoms with Crippen LogP contribution in [0.3, 0.4) is 0 Å². The van der Waals surface area contributed by atoms with Gasteiger partial charge in [-0.1, -0.05) is 0 Å². The molecule has 6 aliphatic rings. The number of piperidine rings is 2. The van der Waals surface area contributed by atoms with Crippen LogP contribution in [0.2, 0.25) is 0 Å². The number of imide groups is 2. The molecule has 3 fully saturated rings. The number of phosphoric ester groups is 1. The van der Waals surface area contributed by atoms with Crippen molar-refractivity contribution in [3.05, 3.63) is 98.6 Å². The van der Waals surface area contributed by atoms with E-state index in [1.54, 1.807) is 72.0 Å². The fourth-order valence-corrected chi connectivity index (χ4v) is 13.5. The molecule has 11 rings (SSSR count). The monoisotopic (exact) mass is 1080 g/mol. The van der Waals surface area contributed by atoms with E-state index in [2.05, 4.69) is 41.4 Å². The Morgan fingerprint density at radius 3 is 2.38 bits per heavy atom. The number of piperazine rings is 1. The van der Waals surface area contributed by atoms with E-state index in [0.717, 1.165) is 84.9 Å². The number of carbonyl (C=O) groups is 5. The molecule has 1 aromatic carbocycles. The summed E-state index contributed by atoms with van der Waals surface area (Å²) in [5.41, 5.74) is 6.16. The number of aliphatic hydroxyl groups excluding tert-OH is 1. The molecule has 0 unspecified atom stereocenters. The smallest absolute Gasteiger partial charge is 0.471 e. The van der Waals surface area contributed by atoms with Gasteiger partial charge in [-0.05, 0) is 124 Å². The van der Waals surface area contributed by atoms with Crippen molar-refractivity contribution >= 4 is 77.4 Å². The number of rotatable bonds is 13. The van der Waals surface area contributed by atoms with Crippen LogP contribution in [0.1, 0.15) is 115 Å². The van der Waals surface area contributed by atoms with Gasteiger partial charge in [0.2, 0.25) is 11.8 Å². The molecule has 0 radical (unpaired) electrons. The van der Waals surface area contributed by atoms with E-state index in [0.29, 0.717) is 65.3 Å². The molecule has 5 amide bonds. The second kappa shape index (κ2) is 20.7. The fraction of sp³-hybridized carbons (Fsp3) is 0.434. The summed E-state index contributed by atoms with van der Waals surface area (Å²) in [6.07, 6.45) is 10.1. The van der Waals surface area contributed by atoms with Crippen LogP contribution in [0.25, 0.3) is 11.1 Å². The van der Waals surface area contributed by atoms with Gasteiger partial charge in [0.25, 0.3) is 23.6 Å². The number of nitrogens with one attached hydrogen (secondary N) is 1. The number of anilines is 5. The highest BCUT2D eigenvalue weighted by Crippen LogP contribution is 2.43. The number of ether oxygens (including phenoxy) is 1. The van der Waals surface area contributed by atoms with E-state index in [9.17, 15) is 33.6 Å². The van der Waals surface area contributed by atoms with Gasteiger partial charge in [0.15, 0.2) is 0 Å².